The first kappa shape index (κ1) is 18.2. The van der Waals surface area contributed by atoms with Crippen molar-refractivity contribution in [2.24, 2.45) is 0 Å². The smallest absolute Gasteiger partial charge is 0.263 e. The van der Waals surface area contributed by atoms with E-state index in [1.54, 1.807) is 25.1 Å². The van der Waals surface area contributed by atoms with Crippen LogP contribution in [0.15, 0.2) is 59.5 Å². The average Bonchev–Trinajstić information content (AvgIpc) is 2.61. The molecule has 134 valence electrons. The number of nitrogens with one attached hydrogen (secondary N) is 2. The van der Waals surface area contributed by atoms with Crippen LogP contribution in [0, 0.1) is 13.8 Å². The van der Waals surface area contributed by atoms with Crippen molar-refractivity contribution >= 4 is 38.9 Å². The third-order valence-electron chi connectivity index (χ3n) is 3.67. The summed E-state index contributed by atoms with van der Waals surface area (Å²) in [6.07, 6.45) is 0. The SMILES string of the molecule is Cc1ccc(Nc2ccc(NS(=O)(=O)c3ccc(Cl)c(C)c3)nn2)cc1. The van der Waals surface area contributed by atoms with Crippen molar-refractivity contribution in [1.29, 1.82) is 0 Å². The molecular weight excluding hydrogens is 372 g/mol. The molecule has 26 heavy (non-hydrogen) atoms. The number of hydrogen-bond acceptors (Lipinski definition) is 5. The standard InChI is InChI=1S/C18H17ClN4O2S/c1-12-3-5-14(6-4-12)20-17-9-10-18(22-21-17)23-26(24,25)15-7-8-16(19)13(2)11-15/h3-11H,1-2H3,(H,20,21)(H,22,23). The van der Waals surface area contributed by atoms with E-state index in [1.807, 2.05) is 31.2 Å². The second-order valence-electron chi connectivity index (χ2n) is 5.81. The molecule has 0 unspecified atom stereocenters. The molecule has 8 heteroatoms. The van der Waals surface area contributed by atoms with Gasteiger partial charge in [-0.1, -0.05) is 29.3 Å². The molecule has 0 aliphatic heterocycles. The quantitative estimate of drug-likeness (QED) is 0.681. The Kier molecular flexibility index (Phi) is 5.11. The Labute approximate surface area is 157 Å². The largest absolute Gasteiger partial charge is 0.339 e. The van der Waals surface area contributed by atoms with Crippen LogP contribution in [0.4, 0.5) is 17.3 Å². The first-order valence-electron chi connectivity index (χ1n) is 7.80. The monoisotopic (exact) mass is 388 g/mol. The van der Waals surface area contributed by atoms with E-state index in [4.69, 9.17) is 11.6 Å². The van der Waals surface area contributed by atoms with Crippen molar-refractivity contribution in [3.63, 3.8) is 0 Å². The lowest BCUT2D eigenvalue weighted by atomic mass is 10.2. The molecule has 0 amide bonds. The third kappa shape index (κ3) is 4.30. The van der Waals surface area contributed by atoms with Crippen LogP contribution in [0.1, 0.15) is 11.1 Å². The zero-order valence-electron chi connectivity index (χ0n) is 14.2. The molecule has 0 saturated carbocycles. The molecule has 1 heterocycles. The number of aromatic nitrogens is 2. The fourth-order valence-corrected chi connectivity index (χ4v) is 3.42. The van der Waals surface area contributed by atoms with Crippen molar-refractivity contribution in [3.05, 3.63) is 70.7 Å². The van der Waals surface area contributed by atoms with Crippen LogP contribution in [0.3, 0.4) is 0 Å². The van der Waals surface area contributed by atoms with Crippen molar-refractivity contribution in [2.75, 3.05) is 10.0 Å². The number of anilines is 3. The van der Waals surface area contributed by atoms with E-state index in [-0.39, 0.29) is 10.7 Å². The van der Waals surface area contributed by atoms with Gasteiger partial charge in [-0.3, -0.25) is 4.72 Å². The molecule has 0 saturated heterocycles. The fraction of sp³-hybridized carbons (Fsp3) is 0.111. The summed E-state index contributed by atoms with van der Waals surface area (Å²) in [5.74, 6) is 0.645. The van der Waals surface area contributed by atoms with Crippen LogP contribution in [-0.4, -0.2) is 18.6 Å². The first-order chi connectivity index (χ1) is 12.3. The summed E-state index contributed by atoms with van der Waals surface area (Å²) < 4.78 is 27.3. The maximum atomic E-state index is 12.4. The van der Waals surface area contributed by atoms with Gasteiger partial charge in [0.15, 0.2) is 11.6 Å². The predicted molar refractivity (Wildman–Crippen MR) is 103 cm³/mol. The van der Waals surface area contributed by atoms with Crippen molar-refractivity contribution in [3.8, 4) is 0 Å². The van der Waals surface area contributed by atoms with Crippen LogP contribution in [0.5, 0.6) is 0 Å². The molecule has 3 aromatic rings. The number of rotatable bonds is 5. The molecule has 0 fully saturated rings. The maximum absolute atomic E-state index is 12.4. The highest BCUT2D eigenvalue weighted by atomic mass is 35.5. The van der Waals surface area contributed by atoms with Crippen LogP contribution < -0.4 is 10.0 Å². The van der Waals surface area contributed by atoms with Gasteiger partial charge in [0, 0.05) is 10.7 Å². The highest BCUT2D eigenvalue weighted by molar-refractivity contribution is 7.92. The molecular formula is C18H17ClN4O2S. The molecule has 3 rings (SSSR count). The van der Waals surface area contributed by atoms with Gasteiger partial charge < -0.3 is 5.32 Å². The van der Waals surface area contributed by atoms with E-state index in [2.05, 4.69) is 20.2 Å². The Morgan fingerprint density at radius 2 is 1.54 bits per heavy atom. The van der Waals surface area contributed by atoms with E-state index in [1.165, 1.54) is 12.1 Å². The minimum Gasteiger partial charge on any atom is -0.339 e. The van der Waals surface area contributed by atoms with E-state index in [9.17, 15) is 8.42 Å². The lowest BCUT2D eigenvalue weighted by molar-refractivity contribution is 0.601. The van der Waals surface area contributed by atoms with Gasteiger partial charge in [-0.15, -0.1) is 10.2 Å². The van der Waals surface area contributed by atoms with Crippen molar-refractivity contribution in [2.45, 2.75) is 18.7 Å². The summed E-state index contributed by atoms with van der Waals surface area (Å²) in [7, 11) is -3.76. The third-order valence-corrected chi connectivity index (χ3v) is 5.44. The van der Waals surface area contributed by atoms with E-state index >= 15 is 0 Å². The van der Waals surface area contributed by atoms with Gasteiger partial charge >= 0.3 is 0 Å². The number of nitrogens with zero attached hydrogens (tertiary/aromatic N) is 2. The molecule has 1 aromatic heterocycles. The topological polar surface area (TPSA) is 84.0 Å². The lowest BCUT2D eigenvalue weighted by Gasteiger charge is -2.09. The summed E-state index contributed by atoms with van der Waals surface area (Å²) in [6, 6.07) is 15.5. The van der Waals surface area contributed by atoms with E-state index in [0.29, 0.717) is 16.4 Å². The zero-order chi connectivity index (χ0) is 18.7. The Morgan fingerprint density at radius 3 is 2.15 bits per heavy atom. The number of hydrogen-bond donors (Lipinski definition) is 2. The summed E-state index contributed by atoms with van der Waals surface area (Å²) in [6.45, 7) is 3.75. The Bertz CT molecular complexity index is 1020. The number of aryl methyl sites for hydroxylation is 2. The number of benzene rings is 2. The summed E-state index contributed by atoms with van der Waals surface area (Å²) in [4.78, 5) is 0.114. The minimum absolute atomic E-state index is 0.114. The fourth-order valence-electron chi connectivity index (χ4n) is 2.22. The van der Waals surface area contributed by atoms with E-state index < -0.39 is 10.0 Å². The Hall–Kier alpha value is -2.64. The molecule has 6 nitrogen and oxygen atoms in total. The first-order valence-corrected chi connectivity index (χ1v) is 9.66. The maximum Gasteiger partial charge on any atom is 0.263 e. The molecule has 0 atom stereocenters. The second-order valence-corrected chi connectivity index (χ2v) is 7.90. The van der Waals surface area contributed by atoms with Crippen molar-refractivity contribution < 1.29 is 8.42 Å². The van der Waals surface area contributed by atoms with Crippen LogP contribution >= 0.6 is 11.6 Å². The predicted octanol–water partition coefficient (Wildman–Crippen LogP) is 4.29. The summed E-state index contributed by atoms with van der Waals surface area (Å²) in [5, 5.41) is 11.5. The highest BCUT2D eigenvalue weighted by Crippen LogP contribution is 2.21. The molecule has 0 aliphatic carbocycles. The molecule has 2 aromatic carbocycles. The molecule has 0 radical (unpaired) electrons. The summed E-state index contributed by atoms with van der Waals surface area (Å²) in [5.41, 5.74) is 2.71. The molecule has 0 bridgehead atoms. The van der Waals surface area contributed by atoms with Crippen LogP contribution in [0.25, 0.3) is 0 Å². The molecule has 0 aliphatic rings. The van der Waals surface area contributed by atoms with Crippen LogP contribution in [0.2, 0.25) is 5.02 Å². The minimum atomic E-state index is -3.76. The van der Waals surface area contributed by atoms with Gasteiger partial charge in [-0.2, -0.15) is 0 Å². The summed E-state index contributed by atoms with van der Waals surface area (Å²) >= 11 is 5.94. The number of halogens is 1. The lowest BCUT2D eigenvalue weighted by Crippen LogP contribution is -2.14. The van der Waals surface area contributed by atoms with Gasteiger partial charge in [0.05, 0.1) is 4.90 Å². The van der Waals surface area contributed by atoms with Crippen molar-refractivity contribution in [1.82, 2.24) is 10.2 Å². The average molecular weight is 389 g/mol. The van der Waals surface area contributed by atoms with Gasteiger partial charge in [0.1, 0.15) is 0 Å². The zero-order valence-corrected chi connectivity index (χ0v) is 15.8. The van der Waals surface area contributed by atoms with Crippen LogP contribution in [-0.2, 0) is 10.0 Å². The van der Waals surface area contributed by atoms with E-state index in [0.717, 1.165) is 11.3 Å². The normalized spacial score (nSPS) is 11.2. The molecule has 2 N–H and O–H groups in total. The van der Waals surface area contributed by atoms with Gasteiger partial charge in [0.2, 0.25) is 0 Å². The second kappa shape index (κ2) is 7.31. The molecule has 0 spiro atoms. The van der Waals surface area contributed by atoms with Gasteiger partial charge in [-0.05, 0) is 61.9 Å². The van der Waals surface area contributed by atoms with Gasteiger partial charge in [-0.25, -0.2) is 8.42 Å². The number of sulfonamides is 1. The van der Waals surface area contributed by atoms with Gasteiger partial charge in [0.25, 0.3) is 10.0 Å². The highest BCUT2D eigenvalue weighted by Gasteiger charge is 2.16. The Morgan fingerprint density at radius 1 is 0.885 bits per heavy atom. The Balaban J connectivity index is 1.73.